The largest absolute Gasteiger partial charge is 0.303 e. The van der Waals surface area contributed by atoms with E-state index in [1.54, 1.807) is 0 Å². The minimum Gasteiger partial charge on any atom is -0.303 e. The molecule has 1 aromatic carbocycles. The van der Waals surface area contributed by atoms with E-state index in [0.29, 0.717) is 17.3 Å². The summed E-state index contributed by atoms with van der Waals surface area (Å²) in [5.74, 6) is 1.01. The Morgan fingerprint density at radius 1 is 1.11 bits per heavy atom. The minimum atomic E-state index is 0.343. The van der Waals surface area contributed by atoms with Crippen LogP contribution in [0.3, 0.4) is 0 Å². The van der Waals surface area contributed by atoms with Crippen molar-refractivity contribution < 1.29 is 4.79 Å². The molecule has 19 heavy (non-hydrogen) atoms. The molecule has 2 nitrogen and oxygen atoms in total. The van der Waals surface area contributed by atoms with Crippen molar-refractivity contribution in [2.45, 2.75) is 31.6 Å². The summed E-state index contributed by atoms with van der Waals surface area (Å²) < 4.78 is 0. The molecule has 2 saturated carbocycles. The summed E-state index contributed by atoms with van der Waals surface area (Å²) in [7, 11) is 0. The minimum absolute atomic E-state index is 0.343. The molecule has 2 fully saturated rings. The zero-order chi connectivity index (χ0) is 12.9. The second-order valence-corrected chi connectivity index (χ2v) is 6.33. The van der Waals surface area contributed by atoms with Gasteiger partial charge in [0.1, 0.15) is 6.29 Å². The van der Waals surface area contributed by atoms with E-state index in [1.807, 2.05) is 12.3 Å². The first kappa shape index (κ1) is 11.2. The van der Waals surface area contributed by atoms with E-state index < -0.39 is 0 Å². The van der Waals surface area contributed by atoms with Crippen molar-refractivity contribution in [1.29, 1.82) is 0 Å². The zero-order valence-electron chi connectivity index (χ0n) is 10.9. The van der Waals surface area contributed by atoms with Gasteiger partial charge in [0.2, 0.25) is 0 Å². The van der Waals surface area contributed by atoms with Crippen LogP contribution in [0.2, 0.25) is 0 Å². The molecule has 0 radical (unpaired) electrons. The molecule has 0 N–H and O–H groups in total. The Hall–Kier alpha value is -1.70. The molecule has 1 aromatic heterocycles. The molecular formula is C17H17NO. The fourth-order valence-corrected chi connectivity index (χ4v) is 4.16. The Morgan fingerprint density at radius 2 is 1.89 bits per heavy atom. The maximum Gasteiger partial charge on any atom is 0.123 e. The van der Waals surface area contributed by atoms with Gasteiger partial charge >= 0.3 is 0 Å². The number of pyridine rings is 1. The molecule has 0 atom stereocenters. The number of carbonyl (C=O) groups is 1. The van der Waals surface area contributed by atoms with Crippen LogP contribution in [0.15, 0.2) is 36.5 Å². The second-order valence-electron chi connectivity index (χ2n) is 6.33. The summed E-state index contributed by atoms with van der Waals surface area (Å²) in [6.45, 7) is 0. The van der Waals surface area contributed by atoms with Gasteiger partial charge < -0.3 is 4.79 Å². The van der Waals surface area contributed by atoms with Crippen LogP contribution in [-0.4, -0.2) is 11.3 Å². The number of fused-ring (bicyclic) bond motifs is 1. The number of hydrogen-bond donors (Lipinski definition) is 0. The van der Waals surface area contributed by atoms with Gasteiger partial charge in [0, 0.05) is 17.5 Å². The van der Waals surface area contributed by atoms with E-state index in [2.05, 4.69) is 29.2 Å². The molecule has 1 spiro atoms. The third-order valence-corrected chi connectivity index (χ3v) is 5.06. The monoisotopic (exact) mass is 251 g/mol. The highest BCUT2D eigenvalue weighted by Crippen LogP contribution is 2.63. The summed E-state index contributed by atoms with van der Waals surface area (Å²) in [6.07, 6.45) is 7.82. The maximum absolute atomic E-state index is 10.7. The van der Waals surface area contributed by atoms with Gasteiger partial charge in [-0.05, 0) is 54.7 Å². The predicted molar refractivity (Wildman–Crippen MR) is 74.9 cm³/mol. The zero-order valence-corrected chi connectivity index (χ0v) is 10.9. The van der Waals surface area contributed by atoms with Crippen LogP contribution < -0.4 is 0 Å². The quantitative estimate of drug-likeness (QED) is 0.762. The highest BCUT2D eigenvalue weighted by molar-refractivity contribution is 5.82. The number of carbonyl (C=O) groups excluding carboxylic acids is 1. The highest BCUT2D eigenvalue weighted by Gasteiger charge is 2.53. The van der Waals surface area contributed by atoms with Crippen molar-refractivity contribution >= 4 is 17.2 Å². The van der Waals surface area contributed by atoms with Crippen LogP contribution in [0.1, 0.15) is 37.2 Å². The van der Waals surface area contributed by atoms with Gasteiger partial charge in [-0.3, -0.25) is 4.98 Å². The number of hydrogen-bond acceptors (Lipinski definition) is 2. The summed E-state index contributed by atoms with van der Waals surface area (Å²) in [6, 6.07) is 10.6. The lowest BCUT2D eigenvalue weighted by Crippen LogP contribution is -2.47. The molecule has 4 rings (SSSR count). The average Bonchev–Trinajstić information content (AvgIpc) is 2.36. The van der Waals surface area contributed by atoms with Crippen molar-refractivity contribution in [1.82, 2.24) is 4.98 Å². The fourth-order valence-electron chi connectivity index (χ4n) is 4.16. The molecule has 2 heteroatoms. The number of benzene rings is 1. The second kappa shape index (κ2) is 3.89. The summed E-state index contributed by atoms with van der Waals surface area (Å²) in [4.78, 5) is 15.2. The van der Waals surface area contributed by atoms with Crippen molar-refractivity contribution in [3.8, 4) is 0 Å². The van der Waals surface area contributed by atoms with E-state index in [0.717, 1.165) is 24.6 Å². The van der Waals surface area contributed by atoms with Gasteiger partial charge in [0.25, 0.3) is 0 Å². The molecule has 2 aliphatic rings. The lowest BCUT2D eigenvalue weighted by Gasteiger charge is -2.57. The maximum atomic E-state index is 10.7. The Labute approximate surface area is 112 Å². The number of para-hydroxylation sites is 1. The molecule has 2 aliphatic carbocycles. The van der Waals surface area contributed by atoms with Crippen molar-refractivity contribution in [2.75, 3.05) is 0 Å². The van der Waals surface area contributed by atoms with E-state index in [4.69, 9.17) is 0 Å². The van der Waals surface area contributed by atoms with Gasteiger partial charge in [-0.15, -0.1) is 0 Å². The highest BCUT2D eigenvalue weighted by atomic mass is 16.1. The first-order valence-electron chi connectivity index (χ1n) is 7.09. The van der Waals surface area contributed by atoms with Crippen LogP contribution in [0, 0.1) is 11.3 Å². The summed E-state index contributed by atoms with van der Waals surface area (Å²) in [5, 5.41) is 1.30. The number of aldehydes is 1. The van der Waals surface area contributed by atoms with Gasteiger partial charge in [0.05, 0.1) is 5.52 Å². The summed E-state index contributed by atoms with van der Waals surface area (Å²) >= 11 is 0. The SMILES string of the molecule is O=CC1CC2(C1)CC(c1ccnc3ccccc13)C2. The van der Waals surface area contributed by atoms with Crippen LogP contribution in [0.5, 0.6) is 0 Å². The standard InChI is InChI=1S/C17H17NO/c19-11-12-7-17(8-12)9-13(10-17)14-5-6-18-16-4-2-1-3-15(14)16/h1-6,11-13H,7-10H2. The molecule has 0 unspecified atom stereocenters. The first-order valence-corrected chi connectivity index (χ1v) is 7.09. The van der Waals surface area contributed by atoms with Crippen LogP contribution >= 0.6 is 0 Å². The molecular weight excluding hydrogens is 234 g/mol. The third kappa shape index (κ3) is 1.62. The molecule has 96 valence electrons. The normalized spacial score (nSPS) is 32.8. The van der Waals surface area contributed by atoms with Crippen molar-refractivity contribution in [2.24, 2.45) is 11.3 Å². The third-order valence-electron chi connectivity index (χ3n) is 5.06. The first-order chi connectivity index (χ1) is 9.30. The van der Waals surface area contributed by atoms with Gasteiger partial charge in [-0.2, -0.15) is 0 Å². The van der Waals surface area contributed by atoms with E-state index in [-0.39, 0.29) is 0 Å². The summed E-state index contributed by atoms with van der Waals surface area (Å²) in [5.41, 5.74) is 3.05. The Balaban J connectivity index is 1.59. The average molecular weight is 251 g/mol. The molecule has 0 bridgehead atoms. The molecule has 2 aromatic rings. The Kier molecular flexibility index (Phi) is 2.29. The van der Waals surface area contributed by atoms with Crippen molar-refractivity contribution in [3.63, 3.8) is 0 Å². The smallest absolute Gasteiger partial charge is 0.123 e. The lowest BCUT2D eigenvalue weighted by atomic mass is 9.47. The number of aromatic nitrogens is 1. The molecule has 1 heterocycles. The predicted octanol–water partition coefficient (Wildman–Crippen LogP) is 3.71. The lowest BCUT2D eigenvalue weighted by molar-refractivity contribution is -0.123. The van der Waals surface area contributed by atoms with Crippen LogP contribution in [-0.2, 0) is 4.79 Å². The van der Waals surface area contributed by atoms with Gasteiger partial charge in [-0.25, -0.2) is 0 Å². The fraction of sp³-hybridized carbons (Fsp3) is 0.412. The van der Waals surface area contributed by atoms with E-state index in [1.165, 1.54) is 23.8 Å². The van der Waals surface area contributed by atoms with Crippen LogP contribution in [0.25, 0.3) is 10.9 Å². The van der Waals surface area contributed by atoms with Gasteiger partial charge in [0.15, 0.2) is 0 Å². The number of nitrogens with zero attached hydrogens (tertiary/aromatic N) is 1. The van der Waals surface area contributed by atoms with E-state index in [9.17, 15) is 4.79 Å². The Morgan fingerprint density at radius 3 is 2.68 bits per heavy atom. The Bertz CT molecular complexity index is 629. The molecule has 0 saturated heterocycles. The topological polar surface area (TPSA) is 30.0 Å². The number of rotatable bonds is 2. The van der Waals surface area contributed by atoms with Crippen LogP contribution in [0.4, 0.5) is 0 Å². The molecule has 0 amide bonds. The van der Waals surface area contributed by atoms with Crippen molar-refractivity contribution in [3.05, 3.63) is 42.1 Å². The van der Waals surface area contributed by atoms with E-state index >= 15 is 0 Å². The van der Waals surface area contributed by atoms with Gasteiger partial charge in [-0.1, -0.05) is 18.2 Å². The molecule has 0 aliphatic heterocycles.